The molecule has 0 radical (unpaired) electrons. The van der Waals surface area contributed by atoms with Crippen molar-refractivity contribution in [3.63, 3.8) is 0 Å². The van der Waals surface area contributed by atoms with Gasteiger partial charge < -0.3 is 5.32 Å². The SMILES string of the molecule is CCNC(c1ccccc1)c1ncccn1. The van der Waals surface area contributed by atoms with Crippen LogP contribution in [0.3, 0.4) is 0 Å². The van der Waals surface area contributed by atoms with E-state index in [-0.39, 0.29) is 6.04 Å². The summed E-state index contributed by atoms with van der Waals surface area (Å²) < 4.78 is 0. The molecule has 82 valence electrons. The highest BCUT2D eigenvalue weighted by atomic mass is 15.0. The van der Waals surface area contributed by atoms with Crippen LogP contribution in [-0.2, 0) is 0 Å². The Hall–Kier alpha value is -1.74. The van der Waals surface area contributed by atoms with Gasteiger partial charge in [-0.3, -0.25) is 0 Å². The molecule has 0 aliphatic carbocycles. The molecule has 3 heteroatoms. The van der Waals surface area contributed by atoms with Crippen molar-refractivity contribution in [1.82, 2.24) is 15.3 Å². The Morgan fingerprint density at radius 2 is 1.75 bits per heavy atom. The summed E-state index contributed by atoms with van der Waals surface area (Å²) in [7, 11) is 0. The van der Waals surface area contributed by atoms with Crippen LogP contribution < -0.4 is 5.32 Å². The zero-order valence-electron chi connectivity index (χ0n) is 9.30. The number of rotatable bonds is 4. The summed E-state index contributed by atoms with van der Waals surface area (Å²) in [5, 5.41) is 3.39. The van der Waals surface area contributed by atoms with Crippen LogP contribution in [0.1, 0.15) is 24.4 Å². The quantitative estimate of drug-likeness (QED) is 0.845. The van der Waals surface area contributed by atoms with Crippen LogP contribution in [0.15, 0.2) is 48.8 Å². The molecule has 1 aromatic carbocycles. The zero-order valence-corrected chi connectivity index (χ0v) is 9.30. The molecular weight excluding hydrogens is 198 g/mol. The number of hydrogen-bond acceptors (Lipinski definition) is 3. The molecule has 0 fully saturated rings. The van der Waals surface area contributed by atoms with Crippen molar-refractivity contribution >= 4 is 0 Å². The average molecular weight is 213 g/mol. The lowest BCUT2D eigenvalue weighted by Crippen LogP contribution is -2.23. The van der Waals surface area contributed by atoms with Crippen LogP contribution >= 0.6 is 0 Å². The first-order chi connectivity index (χ1) is 7.92. The van der Waals surface area contributed by atoms with E-state index in [1.165, 1.54) is 5.56 Å². The van der Waals surface area contributed by atoms with Crippen molar-refractivity contribution in [1.29, 1.82) is 0 Å². The van der Waals surface area contributed by atoms with Crippen LogP contribution in [0.5, 0.6) is 0 Å². The maximum atomic E-state index is 4.30. The maximum Gasteiger partial charge on any atom is 0.149 e. The fraction of sp³-hybridized carbons (Fsp3) is 0.231. The predicted octanol–water partition coefficient (Wildman–Crippen LogP) is 2.18. The monoisotopic (exact) mass is 213 g/mol. The minimum atomic E-state index is 0.0763. The van der Waals surface area contributed by atoms with E-state index < -0.39 is 0 Å². The Kier molecular flexibility index (Phi) is 3.62. The molecule has 1 heterocycles. The zero-order chi connectivity index (χ0) is 11.2. The second-order valence-corrected chi connectivity index (χ2v) is 3.51. The van der Waals surface area contributed by atoms with Crippen LogP contribution in [0.2, 0.25) is 0 Å². The molecule has 0 spiro atoms. The second-order valence-electron chi connectivity index (χ2n) is 3.51. The molecule has 0 saturated carbocycles. The second kappa shape index (κ2) is 5.37. The molecule has 1 unspecified atom stereocenters. The third kappa shape index (κ3) is 2.44. The summed E-state index contributed by atoms with van der Waals surface area (Å²) in [5.41, 5.74) is 1.19. The van der Waals surface area contributed by atoms with Gasteiger partial charge in [-0.05, 0) is 18.2 Å². The molecule has 16 heavy (non-hydrogen) atoms. The minimum absolute atomic E-state index is 0.0763. The van der Waals surface area contributed by atoms with E-state index in [1.54, 1.807) is 12.4 Å². The fourth-order valence-electron chi connectivity index (χ4n) is 1.67. The lowest BCUT2D eigenvalue weighted by molar-refractivity contribution is 0.597. The summed E-state index contributed by atoms with van der Waals surface area (Å²) in [6.45, 7) is 2.97. The first-order valence-corrected chi connectivity index (χ1v) is 5.47. The molecule has 2 rings (SSSR count). The summed E-state index contributed by atoms with van der Waals surface area (Å²) in [6, 6.07) is 12.2. The number of nitrogens with one attached hydrogen (secondary N) is 1. The molecule has 0 saturated heterocycles. The molecule has 0 aliphatic rings. The third-order valence-electron chi connectivity index (χ3n) is 2.39. The van der Waals surface area contributed by atoms with Gasteiger partial charge in [0.15, 0.2) is 0 Å². The van der Waals surface area contributed by atoms with E-state index in [0.717, 1.165) is 12.4 Å². The molecule has 2 aromatic rings. The Morgan fingerprint density at radius 1 is 1.06 bits per heavy atom. The van der Waals surface area contributed by atoms with Gasteiger partial charge in [-0.2, -0.15) is 0 Å². The van der Waals surface area contributed by atoms with Gasteiger partial charge in [-0.1, -0.05) is 37.3 Å². The van der Waals surface area contributed by atoms with Crippen molar-refractivity contribution < 1.29 is 0 Å². The van der Waals surface area contributed by atoms with Crippen LogP contribution in [0.25, 0.3) is 0 Å². The fourth-order valence-corrected chi connectivity index (χ4v) is 1.67. The topological polar surface area (TPSA) is 37.8 Å². The highest BCUT2D eigenvalue weighted by molar-refractivity contribution is 5.24. The summed E-state index contributed by atoms with van der Waals surface area (Å²) in [6.07, 6.45) is 3.55. The van der Waals surface area contributed by atoms with Gasteiger partial charge >= 0.3 is 0 Å². The smallest absolute Gasteiger partial charge is 0.149 e. The Morgan fingerprint density at radius 3 is 2.38 bits per heavy atom. The van der Waals surface area contributed by atoms with Crippen molar-refractivity contribution in [3.8, 4) is 0 Å². The normalized spacial score (nSPS) is 12.3. The molecule has 3 nitrogen and oxygen atoms in total. The summed E-state index contributed by atoms with van der Waals surface area (Å²) in [4.78, 5) is 8.60. The lowest BCUT2D eigenvalue weighted by atomic mass is 10.1. The molecule has 1 atom stereocenters. The van der Waals surface area contributed by atoms with Crippen LogP contribution in [0.4, 0.5) is 0 Å². The molecule has 0 amide bonds. The molecule has 1 N–H and O–H groups in total. The number of aromatic nitrogens is 2. The van der Waals surface area contributed by atoms with E-state index in [1.807, 2.05) is 24.3 Å². The first kappa shape index (κ1) is 10.8. The van der Waals surface area contributed by atoms with E-state index in [9.17, 15) is 0 Å². The molecule has 1 aromatic heterocycles. The highest BCUT2D eigenvalue weighted by Gasteiger charge is 2.14. The molecule has 0 aliphatic heterocycles. The standard InChI is InChI=1S/C13H15N3/c1-2-14-12(11-7-4-3-5-8-11)13-15-9-6-10-16-13/h3-10,12,14H,2H2,1H3. The molecule has 0 bridgehead atoms. The Bertz CT molecular complexity index is 374. The van der Waals surface area contributed by atoms with E-state index in [0.29, 0.717) is 0 Å². The number of benzene rings is 1. The first-order valence-electron chi connectivity index (χ1n) is 5.47. The van der Waals surface area contributed by atoms with Crippen molar-refractivity contribution in [3.05, 3.63) is 60.2 Å². The van der Waals surface area contributed by atoms with E-state index in [2.05, 4.69) is 34.3 Å². The Balaban J connectivity index is 2.31. The molecular formula is C13H15N3. The predicted molar refractivity (Wildman–Crippen MR) is 64.0 cm³/mol. The van der Waals surface area contributed by atoms with Crippen molar-refractivity contribution in [2.24, 2.45) is 0 Å². The van der Waals surface area contributed by atoms with Crippen molar-refractivity contribution in [2.45, 2.75) is 13.0 Å². The summed E-state index contributed by atoms with van der Waals surface area (Å²) >= 11 is 0. The highest BCUT2D eigenvalue weighted by Crippen LogP contribution is 2.17. The van der Waals surface area contributed by atoms with Gasteiger partial charge in [0.25, 0.3) is 0 Å². The summed E-state index contributed by atoms with van der Waals surface area (Å²) in [5.74, 6) is 0.815. The minimum Gasteiger partial charge on any atom is -0.304 e. The largest absolute Gasteiger partial charge is 0.304 e. The number of nitrogens with zero attached hydrogens (tertiary/aromatic N) is 2. The van der Waals surface area contributed by atoms with Gasteiger partial charge in [0.2, 0.25) is 0 Å². The van der Waals surface area contributed by atoms with E-state index in [4.69, 9.17) is 0 Å². The van der Waals surface area contributed by atoms with Crippen molar-refractivity contribution in [2.75, 3.05) is 6.54 Å². The van der Waals surface area contributed by atoms with Gasteiger partial charge in [-0.25, -0.2) is 9.97 Å². The van der Waals surface area contributed by atoms with Gasteiger partial charge in [0.1, 0.15) is 5.82 Å². The van der Waals surface area contributed by atoms with Crippen LogP contribution in [0, 0.1) is 0 Å². The lowest BCUT2D eigenvalue weighted by Gasteiger charge is -2.16. The third-order valence-corrected chi connectivity index (χ3v) is 2.39. The van der Waals surface area contributed by atoms with Gasteiger partial charge in [0, 0.05) is 12.4 Å². The van der Waals surface area contributed by atoms with Gasteiger partial charge in [0.05, 0.1) is 6.04 Å². The number of hydrogen-bond donors (Lipinski definition) is 1. The van der Waals surface area contributed by atoms with E-state index >= 15 is 0 Å². The maximum absolute atomic E-state index is 4.30. The van der Waals surface area contributed by atoms with Crippen LogP contribution in [-0.4, -0.2) is 16.5 Å². The van der Waals surface area contributed by atoms with Gasteiger partial charge in [-0.15, -0.1) is 0 Å². The Labute approximate surface area is 95.6 Å². The average Bonchev–Trinajstić information content (AvgIpc) is 2.38.